The molecule has 0 aromatic heterocycles. The van der Waals surface area contributed by atoms with Crippen LogP contribution in [0.25, 0.3) is 33.0 Å². The summed E-state index contributed by atoms with van der Waals surface area (Å²) in [5.41, 5.74) is 10.5. The van der Waals surface area contributed by atoms with Crippen molar-refractivity contribution in [2.24, 2.45) is 0 Å². The summed E-state index contributed by atoms with van der Waals surface area (Å²) in [6.45, 7) is 4.72. The van der Waals surface area contributed by atoms with E-state index in [4.69, 9.17) is 11.6 Å². The number of benzene rings is 5. The van der Waals surface area contributed by atoms with E-state index in [1.54, 1.807) is 0 Å². The minimum Gasteiger partial charge on any atom is -0.0840 e. The molecule has 5 aromatic rings. The molecule has 0 N–H and O–H groups in total. The SMILES string of the molecule is CC1(C)c2cc(Cc3ccccc3Cl)ccc2-c2c1cc(-c1ccccc1)c1ccccc21. The fourth-order valence-corrected chi connectivity index (χ4v) is 5.66. The highest BCUT2D eigenvalue weighted by atomic mass is 35.5. The zero-order valence-electron chi connectivity index (χ0n) is 18.9. The van der Waals surface area contributed by atoms with Crippen LogP contribution in [-0.4, -0.2) is 0 Å². The van der Waals surface area contributed by atoms with Crippen molar-refractivity contribution in [1.29, 1.82) is 0 Å². The van der Waals surface area contributed by atoms with Gasteiger partial charge in [0, 0.05) is 10.4 Å². The molecule has 0 nitrogen and oxygen atoms in total. The molecule has 6 rings (SSSR count). The van der Waals surface area contributed by atoms with E-state index in [1.807, 2.05) is 12.1 Å². The summed E-state index contributed by atoms with van der Waals surface area (Å²) in [5.74, 6) is 0. The normalized spacial score (nSPS) is 13.7. The lowest BCUT2D eigenvalue weighted by Crippen LogP contribution is -2.15. The molecule has 1 heteroatoms. The number of rotatable bonds is 3. The third-order valence-electron chi connectivity index (χ3n) is 7.18. The highest BCUT2D eigenvalue weighted by molar-refractivity contribution is 6.31. The molecular weight excluding hydrogens is 420 g/mol. The molecule has 1 aliphatic carbocycles. The summed E-state index contributed by atoms with van der Waals surface area (Å²) in [4.78, 5) is 0. The number of halogens is 1. The van der Waals surface area contributed by atoms with E-state index < -0.39 is 0 Å². The molecule has 0 saturated carbocycles. The Morgan fingerprint density at radius 2 is 1.33 bits per heavy atom. The van der Waals surface area contributed by atoms with Crippen LogP contribution in [0.4, 0.5) is 0 Å². The van der Waals surface area contributed by atoms with Gasteiger partial charge in [-0.15, -0.1) is 0 Å². The molecule has 0 bridgehead atoms. The van der Waals surface area contributed by atoms with Crippen molar-refractivity contribution in [2.75, 3.05) is 0 Å². The second kappa shape index (κ2) is 7.61. The number of hydrogen-bond donors (Lipinski definition) is 0. The molecule has 0 aliphatic heterocycles. The van der Waals surface area contributed by atoms with Gasteiger partial charge in [0.1, 0.15) is 0 Å². The summed E-state index contributed by atoms with van der Waals surface area (Å²) in [6, 6.07) is 37.2. The van der Waals surface area contributed by atoms with Crippen molar-refractivity contribution in [3.63, 3.8) is 0 Å². The minimum atomic E-state index is -0.0747. The minimum absolute atomic E-state index is 0.0747. The first kappa shape index (κ1) is 20.3. The van der Waals surface area contributed by atoms with Crippen LogP contribution in [0, 0.1) is 0 Å². The molecule has 1 aliphatic rings. The van der Waals surface area contributed by atoms with E-state index in [-0.39, 0.29) is 5.41 Å². The standard InChI is InChI=1S/C32H25Cl/c1-32(2)28-19-21(18-23-12-6-9-15-30(23)33)16-17-26(28)31-25-14-8-7-13-24(25)27(20-29(31)32)22-10-4-3-5-11-22/h3-17,19-20H,18H2,1-2H3. The van der Waals surface area contributed by atoms with Gasteiger partial charge in [0.25, 0.3) is 0 Å². The Bertz CT molecular complexity index is 1510. The van der Waals surface area contributed by atoms with Gasteiger partial charge in [-0.3, -0.25) is 0 Å². The van der Waals surface area contributed by atoms with Gasteiger partial charge in [-0.05, 0) is 73.8 Å². The molecule has 5 aromatic carbocycles. The predicted octanol–water partition coefficient (Wildman–Crippen LogP) is 9.06. The smallest absolute Gasteiger partial charge is 0.0441 e. The maximum atomic E-state index is 6.46. The summed E-state index contributed by atoms with van der Waals surface area (Å²) in [5, 5.41) is 3.48. The third kappa shape index (κ3) is 3.21. The topological polar surface area (TPSA) is 0 Å². The van der Waals surface area contributed by atoms with Gasteiger partial charge in [-0.25, -0.2) is 0 Å². The monoisotopic (exact) mass is 444 g/mol. The van der Waals surface area contributed by atoms with Gasteiger partial charge in [0.05, 0.1) is 0 Å². The van der Waals surface area contributed by atoms with Crippen molar-refractivity contribution >= 4 is 22.4 Å². The fraction of sp³-hybridized carbons (Fsp3) is 0.125. The van der Waals surface area contributed by atoms with E-state index in [1.165, 1.54) is 55.3 Å². The maximum absolute atomic E-state index is 6.46. The van der Waals surface area contributed by atoms with E-state index in [2.05, 4.69) is 105 Å². The summed E-state index contributed by atoms with van der Waals surface area (Å²) in [7, 11) is 0. The van der Waals surface area contributed by atoms with E-state index >= 15 is 0 Å². The highest BCUT2D eigenvalue weighted by Crippen LogP contribution is 2.53. The van der Waals surface area contributed by atoms with Crippen LogP contribution in [0.5, 0.6) is 0 Å². The Kier molecular flexibility index (Phi) is 4.67. The first-order valence-electron chi connectivity index (χ1n) is 11.5. The van der Waals surface area contributed by atoms with Crippen LogP contribution >= 0.6 is 11.6 Å². The summed E-state index contributed by atoms with van der Waals surface area (Å²) in [6.07, 6.45) is 0.843. The van der Waals surface area contributed by atoms with Crippen molar-refractivity contribution in [2.45, 2.75) is 25.7 Å². The first-order chi connectivity index (χ1) is 16.0. The fourth-order valence-electron chi connectivity index (χ4n) is 5.46. The lowest BCUT2D eigenvalue weighted by atomic mass is 9.80. The van der Waals surface area contributed by atoms with Gasteiger partial charge in [0.2, 0.25) is 0 Å². The van der Waals surface area contributed by atoms with Crippen LogP contribution in [0.3, 0.4) is 0 Å². The van der Waals surface area contributed by atoms with Crippen molar-refractivity contribution in [3.05, 3.63) is 130 Å². The Morgan fingerprint density at radius 1 is 0.636 bits per heavy atom. The molecule has 0 fully saturated rings. The van der Waals surface area contributed by atoms with Crippen molar-refractivity contribution < 1.29 is 0 Å². The Hall–Kier alpha value is -3.35. The summed E-state index contributed by atoms with van der Waals surface area (Å²) < 4.78 is 0. The molecule has 0 atom stereocenters. The highest BCUT2D eigenvalue weighted by Gasteiger charge is 2.37. The Balaban J connectivity index is 1.56. The van der Waals surface area contributed by atoms with Gasteiger partial charge >= 0.3 is 0 Å². The largest absolute Gasteiger partial charge is 0.0840 e. The molecule has 0 spiro atoms. The third-order valence-corrected chi connectivity index (χ3v) is 7.55. The lowest BCUT2D eigenvalue weighted by molar-refractivity contribution is 0.660. The lowest BCUT2D eigenvalue weighted by Gasteiger charge is -2.23. The maximum Gasteiger partial charge on any atom is 0.0441 e. The van der Waals surface area contributed by atoms with Crippen LogP contribution in [0.2, 0.25) is 5.02 Å². The second-order valence-corrected chi connectivity index (χ2v) is 9.94. The molecule has 160 valence electrons. The van der Waals surface area contributed by atoms with Crippen LogP contribution in [0.1, 0.15) is 36.1 Å². The molecule has 0 saturated heterocycles. The van der Waals surface area contributed by atoms with Crippen LogP contribution in [-0.2, 0) is 11.8 Å². The average Bonchev–Trinajstić information content (AvgIpc) is 3.07. The number of hydrogen-bond acceptors (Lipinski definition) is 0. The molecule has 0 unspecified atom stereocenters. The molecular formula is C32H25Cl. The van der Waals surface area contributed by atoms with E-state index in [9.17, 15) is 0 Å². The molecule has 0 amide bonds. The Morgan fingerprint density at radius 3 is 2.12 bits per heavy atom. The molecule has 0 radical (unpaired) electrons. The molecule has 0 heterocycles. The number of fused-ring (bicyclic) bond motifs is 5. The van der Waals surface area contributed by atoms with Crippen LogP contribution in [0.15, 0.2) is 103 Å². The van der Waals surface area contributed by atoms with Gasteiger partial charge in [-0.2, -0.15) is 0 Å². The van der Waals surface area contributed by atoms with Crippen LogP contribution < -0.4 is 0 Å². The zero-order valence-corrected chi connectivity index (χ0v) is 19.7. The van der Waals surface area contributed by atoms with Gasteiger partial charge in [-0.1, -0.05) is 116 Å². The quantitative estimate of drug-likeness (QED) is 0.260. The average molecular weight is 445 g/mol. The van der Waals surface area contributed by atoms with Gasteiger partial charge in [0.15, 0.2) is 0 Å². The molecule has 33 heavy (non-hydrogen) atoms. The second-order valence-electron chi connectivity index (χ2n) is 9.53. The first-order valence-corrected chi connectivity index (χ1v) is 11.9. The van der Waals surface area contributed by atoms with Gasteiger partial charge < -0.3 is 0 Å². The summed E-state index contributed by atoms with van der Waals surface area (Å²) >= 11 is 6.46. The Labute approximate surface area is 200 Å². The van der Waals surface area contributed by atoms with E-state index in [0.29, 0.717) is 0 Å². The van der Waals surface area contributed by atoms with Crippen molar-refractivity contribution in [3.8, 4) is 22.3 Å². The predicted molar refractivity (Wildman–Crippen MR) is 141 cm³/mol. The zero-order chi connectivity index (χ0) is 22.6. The van der Waals surface area contributed by atoms with Crippen molar-refractivity contribution in [1.82, 2.24) is 0 Å². The van der Waals surface area contributed by atoms with E-state index in [0.717, 1.165) is 11.4 Å².